The Balaban J connectivity index is 1.71. The number of methoxy groups -OCH3 is 1. The smallest absolute Gasteiger partial charge is 0.225 e. The molecular weight excluding hydrogens is 256 g/mol. The van der Waals surface area contributed by atoms with E-state index < -0.39 is 0 Å². The van der Waals surface area contributed by atoms with Gasteiger partial charge in [0.25, 0.3) is 0 Å². The van der Waals surface area contributed by atoms with E-state index in [1.807, 2.05) is 9.80 Å². The van der Waals surface area contributed by atoms with Crippen LogP contribution in [0.25, 0.3) is 0 Å². The molecule has 0 spiro atoms. The summed E-state index contributed by atoms with van der Waals surface area (Å²) in [7, 11) is 1.60. The number of nitrogens with zero attached hydrogens (tertiary/aromatic N) is 2. The second-order valence-corrected chi connectivity index (χ2v) is 5.47. The second-order valence-electron chi connectivity index (χ2n) is 5.47. The molecule has 0 bridgehead atoms. The van der Waals surface area contributed by atoms with E-state index in [1.165, 1.54) is 0 Å². The topological polar surface area (TPSA) is 49.9 Å². The van der Waals surface area contributed by atoms with Gasteiger partial charge in [0.2, 0.25) is 11.8 Å². The normalized spacial score (nSPS) is 22.4. The fraction of sp³-hybridized carbons (Fsp3) is 0.733. The average molecular weight is 280 g/mol. The first-order valence-corrected chi connectivity index (χ1v) is 7.42. The highest BCUT2D eigenvalue weighted by Crippen LogP contribution is 2.21. The van der Waals surface area contributed by atoms with Gasteiger partial charge in [-0.25, -0.2) is 0 Å². The fourth-order valence-corrected chi connectivity index (χ4v) is 2.77. The predicted octanol–water partition coefficient (Wildman–Crippen LogP) is 1.05. The van der Waals surface area contributed by atoms with Gasteiger partial charge in [-0.2, -0.15) is 0 Å². The Labute approximate surface area is 120 Å². The molecule has 1 aliphatic carbocycles. The molecule has 1 atom stereocenters. The summed E-state index contributed by atoms with van der Waals surface area (Å²) in [6.45, 7) is 3.08. The number of ether oxygens (including phenoxy) is 1. The molecule has 112 valence electrons. The van der Waals surface area contributed by atoms with Gasteiger partial charge in [-0.1, -0.05) is 12.2 Å². The zero-order chi connectivity index (χ0) is 14.4. The van der Waals surface area contributed by atoms with Crippen molar-refractivity contribution >= 4 is 11.8 Å². The molecule has 20 heavy (non-hydrogen) atoms. The summed E-state index contributed by atoms with van der Waals surface area (Å²) >= 11 is 0. The van der Waals surface area contributed by atoms with Gasteiger partial charge in [-0.3, -0.25) is 9.59 Å². The summed E-state index contributed by atoms with van der Waals surface area (Å²) < 4.78 is 4.92. The number of carbonyl (C=O) groups excluding carboxylic acids is 2. The van der Waals surface area contributed by atoms with Crippen molar-refractivity contribution in [3.8, 4) is 0 Å². The zero-order valence-electron chi connectivity index (χ0n) is 12.2. The lowest BCUT2D eigenvalue weighted by molar-refractivity contribution is -0.140. The van der Waals surface area contributed by atoms with E-state index in [0.29, 0.717) is 51.5 Å². The molecule has 0 aromatic carbocycles. The third-order valence-electron chi connectivity index (χ3n) is 4.05. The van der Waals surface area contributed by atoms with Crippen molar-refractivity contribution in [2.75, 3.05) is 39.9 Å². The van der Waals surface area contributed by atoms with E-state index in [9.17, 15) is 9.59 Å². The average Bonchev–Trinajstić information content (AvgIpc) is 2.97. The van der Waals surface area contributed by atoms with Crippen LogP contribution in [0, 0.1) is 5.92 Å². The quantitative estimate of drug-likeness (QED) is 0.707. The van der Waals surface area contributed by atoms with Crippen molar-refractivity contribution in [3.05, 3.63) is 12.2 Å². The summed E-state index contributed by atoms with van der Waals surface area (Å²) in [5.41, 5.74) is 0. The Morgan fingerprint density at radius 2 is 1.80 bits per heavy atom. The highest BCUT2D eigenvalue weighted by atomic mass is 16.5. The number of piperazine rings is 1. The van der Waals surface area contributed by atoms with Crippen LogP contribution in [-0.4, -0.2) is 61.5 Å². The Kier molecular flexibility index (Phi) is 5.59. The fourth-order valence-electron chi connectivity index (χ4n) is 2.77. The van der Waals surface area contributed by atoms with Gasteiger partial charge in [-0.15, -0.1) is 0 Å². The molecule has 5 heteroatoms. The van der Waals surface area contributed by atoms with Crippen LogP contribution >= 0.6 is 0 Å². The first-order valence-electron chi connectivity index (χ1n) is 7.42. The van der Waals surface area contributed by atoms with E-state index in [0.717, 1.165) is 12.8 Å². The van der Waals surface area contributed by atoms with Gasteiger partial charge >= 0.3 is 0 Å². The first-order chi connectivity index (χ1) is 9.70. The SMILES string of the molecule is COCCC(=O)N1CCN(C(=O)C[C@@H]2C=CCC2)CC1. The molecule has 0 unspecified atom stereocenters. The van der Waals surface area contributed by atoms with Crippen molar-refractivity contribution in [2.45, 2.75) is 25.7 Å². The lowest BCUT2D eigenvalue weighted by atomic mass is 10.0. The summed E-state index contributed by atoms with van der Waals surface area (Å²) in [6.07, 6.45) is 7.55. The Bertz CT molecular complexity index is 373. The highest BCUT2D eigenvalue weighted by Gasteiger charge is 2.25. The molecule has 0 N–H and O–H groups in total. The van der Waals surface area contributed by atoms with Gasteiger partial charge in [0.1, 0.15) is 0 Å². The minimum absolute atomic E-state index is 0.123. The minimum atomic E-state index is 0.123. The molecule has 1 aliphatic heterocycles. The third kappa shape index (κ3) is 4.07. The molecule has 2 amide bonds. The Morgan fingerprint density at radius 3 is 2.35 bits per heavy atom. The summed E-state index contributed by atoms with van der Waals surface area (Å²) in [6, 6.07) is 0. The number of amides is 2. The molecule has 0 aromatic rings. The van der Waals surface area contributed by atoms with Gasteiger partial charge in [-0.05, 0) is 18.8 Å². The molecular formula is C15H24N2O3. The van der Waals surface area contributed by atoms with Gasteiger partial charge in [0.05, 0.1) is 13.0 Å². The summed E-state index contributed by atoms with van der Waals surface area (Å²) in [5.74, 6) is 0.770. The van der Waals surface area contributed by atoms with Crippen LogP contribution in [0.5, 0.6) is 0 Å². The van der Waals surface area contributed by atoms with Crippen molar-refractivity contribution in [2.24, 2.45) is 5.92 Å². The number of allylic oxidation sites excluding steroid dienone is 2. The summed E-state index contributed by atoms with van der Waals surface area (Å²) in [5, 5.41) is 0. The van der Waals surface area contributed by atoms with Crippen LogP contribution in [0.15, 0.2) is 12.2 Å². The lowest BCUT2D eigenvalue weighted by Gasteiger charge is -2.35. The predicted molar refractivity (Wildman–Crippen MR) is 76.1 cm³/mol. The van der Waals surface area contributed by atoms with Crippen molar-refractivity contribution in [1.29, 1.82) is 0 Å². The molecule has 5 nitrogen and oxygen atoms in total. The maximum atomic E-state index is 12.2. The Hall–Kier alpha value is -1.36. The largest absolute Gasteiger partial charge is 0.384 e. The van der Waals surface area contributed by atoms with E-state index in [1.54, 1.807) is 7.11 Å². The maximum Gasteiger partial charge on any atom is 0.225 e. The lowest BCUT2D eigenvalue weighted by Crippen LogP contribution is -2.50. The number of hydrogen-bond acceptors (Lipinski definition) is 3. The number of rotatable bonds is 5. The highest BCUT2D eigenvalue weighted by molar-refractivity contribution is 5.78. The number of carbonyl (C=O) groups is 2. The van der Waals surface area contributed by atoms with Crippen LogP contribution in [0.2, 0.25) is 0 Å². The van der Waals surface area contributed by atoms with Crippen molar-refractivity contribution < 1.29 is 14.3 Å². The standard InChI is InChI=1S/C15H24N2O3/c1-20-11-6-14(18)16-7-9-17(10-8-16)15(19)12-13-4-2-3-5-13/h2,4,13H,3,5-12H2,1H3/t13-/m1/s1. The van der Waals surface area contributed by atoms with E-state index in [2.05, 4.69) is 12.2 Å². The Morgan fingerprint density at radius 1 is 1.15 bits per heavy atom. The van der Waals surface area contributed by atoms with E-state index in [-0.39, 0.29) is 11.8 Å². The van der Waals surface area contributed by atoms with Crippen LogP contribution in [0.4, 0.5) is 0 Å². The molecule has 0 radical (unpaired) electrons. The molecule has 2 rings (SSSR count). The van der Waals surface area contributed by atoms with E-state index in [4.69, 9.17) is 4.74 Å². The van der Waals surface area contributed by atoms with E-state index >= 15 is 0 Å². The van der Waals surface area contributed by atoms with Crippen LogP contribution < -0.4 is 0 Å². The zero-order valence-corrected chi connectivity index (χ0v) is 12.2. The minimum Gasteiger partial charge on any atom is -0.384 e. The molecule has 1 fully saturated rings. The summed E-state index contributed by atoms with van der Waals surface area (Å²) in [4.78, 5) is 27.7. The monoisotopic (exact) mass is 280 g/mol. The molecule has 1 heterocycles. The van der Waals surface area contributed by atoms with Gasteiger partial charge in [0.15, 0.2) is 0 Å². The van der Waals surface area contributed by atoms with Gasteiger partial charge < -0.3 is 14.5 Å². The van der Waals surface area contributed by atoms with Gasteiger partial charge in [0, 0.05) is 39.7 Å². The third-order valence-corrected chi connectivity index (χ3v) is 4.05. The number of hydrogen-bond donors (Lipinski definition) is 0. The molecule has 2 aliphatic rings. The molecule has 0 aromatic heterocycles. The first kappa shape index (κ1) is 15.0. The van der Waals surface area contributed by atoms with Crippen molar-refractivity contribution in [1.82, 2.24) is 9.80 Å². The maximum absolute atomic E-state index is 12.2. The van der Waals surface area contributed by atoms with Crippen LogP contribution in [0.3, 0.4) is 0 Å². The molecule has 0 saturated carbocycles. The van der Waals surface area contributed by atoms with Crippen LogP contribution in [0.1, 0.15) is 25.7 Å². The van der Waals surface area contributed by atoms with Crippen LogP contribution in [-0.2, 0) is 14.3 Å². The van der Waals surface area contributed by atoms with Crippen molar-refractivity contribution in [3.63, 3.8) is 0 Å². The molecule has 1 saturated heterocycles. The second kappa shape index (κ2) is 7.43.